The third kappa shape index (κ3) is 3.81. The van der Waals surface area contributed by atoms with Gasteiger partial charge in [-0.05, 0) is 62.1 Å². The maximum atomic E-state index is 12.7. The molecule has 0 radical (unpaired) electrons. The van der Waals surface area contributed by atoms with Crippen LogP contribution in [-0.4, -0.2) is 21.6 Å². The van der Waals surface area contributed by atoms with Gasteiger partial charge in [-0.2, -0.15) is 5.10 Å². The standard InChI is InChI=1S/C22H22N4O2/c1-14-8-11-17(12-15(14)2)23-22(28)19-13-20(24-21(27)16-9-10-16)26(25-19)18-6-4-3-5-7-18/h3-8,11-13,16H,9-10H2,1-2H3,(H,23,28)(H,24,27). The van der Waals surface area contributed by atoms with Crippen molar-refractivity contribution in [3.05, 3.63) is 71.4 Å². The van der Waals surface area contributed by atoms with Crippen molar-refractivity contribution in [2.24, 2.45) is 5.92 Å². The van der Waals surface area contributed by atoms with Crippen LogP contribution in [-0.2, 0) is 4.79 Å². The minimum absolute atomic E-state index is 0.0294. The van der Waals surface area contributed by atoms with Gasteiger partial charge in [0.1, 0.15) is 5.82 Å². The summed E-state index contributed by atoms with van der Waals surface area (Å²) in [6, 6.07) is 16.8. The van der Waals surface area contributed by atoms with E-state index in [2.05, 4.69) is 15.7 Å². The summed E-state index contributed by atoms with van der Waals surface area (Å²) in [5.74, 6) is 0.207. The first-order valence-electron chi connectivity index (χ1n) is 9.36. The van der Waals surface area contributed by atoms with E-state index in [9.17, 15) is 9.59 Å². The maximum Gasteiger partial charge on any atom is 0.276 e. The van der Waals surface area contributed by atoms with E-state index in [1.807, 2.05) is 62.4 Å². The third-order valence-corrected chi connectivity index (χ3v) is 4.91. The van der Waals surface area contributed by atoms with E-state index in [4.69, 9.17) is 0 Å². The Kier molecular flexibility index (Phi) is 4.69. The van der Waals surface area contributed by atoms with Crippen LogP contribution in [0.1, 0.15) is 34.5 Å². The highest BCUT2D eigenvalue weighted by molar-refractivity contribution is 6.04. The summed E-state index contributed by atoms with van der Waals surface area (Å²) in [6.07, 6.45) is 1.82. The molecule has 6 heteroatoms. The van der Waals surface area contributed by atoms with E-state index in [1.54, 1.807) is 10.7 Å². The molecule has 2 aromatic carbocycles. The minimum Gasteiger partial charge on any atom is -0.321 e. The fraction of sp³-hybridized carbons (Fsp3) is 0.227. The van der Waals surface area contributed by atoms with Crippen LogP contribution in [0.2, 0.25) is 0 Å². The predicted molar refractivity (Wildman–Crippen MR) is 109 cm³/mol. The highest BCUT2D eigenvalue weighted by atomic mass is 16.2. The third-order valence-electron chi connectivity index (χ3n) is 4.91. The van der Waals surface area contributed by atoms with Gasteiger partial charge in [0.2, 0.25) is 5.91 Å². The second-order valence-electron chi connectivity index (χ2n) is 7.18. The highest BCUT2D eigenvalue weighted by Gasteiger charge is 2.30. The van der Waals surface area contributed by atoms with Gasteiger partial charge in [0.15, 0.2) is 5.69 Å². The quantitative estimate of drug-likeness (QED) is 0.706. The van der Waals surface area contributed by atoms with Crippen LogP contribution in [0.5, 0.6) is 0 Å². The van der Waals surface area contributed by atoms with Gasteiger partial charge in [0, 0.05) is 17.7 Å². The number of aryl methyl sites for hydroxylation is 2. The number of amides is 2. The first kappa shape index (κ1) is 18.0. The molecule has 6 nitrogen and oxygen atoms in total. The van der Waals surface area contributed by atoms with Gasteiger partial charge in [-0.3, -0.25) is 9.59 Å². The second-order valence-corrected chi connectivity index (χ2v) is 7.18. The van der Waals surface area contributed by atoms with Gasteiger partial charge < -0.3 is 10.6 Å². The Labute approximate surface area is 163 Å². The predicted octanol–water partition coefficient (Wildman–Crippen LogP) is 4.09. The largest absolute Gasteiger partial charge is 0.321 e. The molecular weight excluding hydrogens is 352 g/mol. The lowest BCUT2D eigenvalue weighted by molar-refractivity contribution is -0.117. The van der Waals surface area contributed by atoms with Crippen molar-refractivity contribution in [2.75, 3.05) is 10.6 Å². The first-order chi connectivity index (χ1) is 13.5. The van der Waals surface area contributed by atoms with Crippen molar-refractivity contribution < 1.29 is 9.59 Å². The summed E-state index contributed by atoms with van der Waals surface area (Å²) in [7, 11) is 0. The molecular formula is C22H22N4O2. The lowest BCUT2D eigenvalue weighted by atomic mass is 10.1. The molecule has 4 rings (SSSR count). The molecule has 0 aliphatic heterocycles. The zero-order valence-electron chi connectivity index (χ0n) is 15.9. The van der Waals surface area contributed by atoms with Gasteiger partial charge in [0.05, 0.1) is 5.69 Å². The Hall–Kier alpha value is -3.41. The summed E-state index contributed by atoms with van der Waals surface area (Å²) in [6.45, 7) is 4.03. The Morgan fingerprint density at radius 3 is 2.39 bits per heavy atom. The molecule has 0 unspecified atom stereocenters. The van der Waals surface area contributed by atoms with Gasteiger partial charge >= 0.3 is 0 Å². The lowest BCUT2D eigenvalue weighted by Crippen LogP contribution is -2.16. The Morgan fingerprint density at radius 2 is 1.71 bits per heavy atom. The van der Waals surface area contributed by atoms with Gasteiger partial charge in [-0.15, -0.1) is 0 Å². The van der Waals surface area contributed by atoms with Crippen molar-refractivity contribution in [1.29, 1.82) is 0 Å². The Balaban J connectivity index is 1.62. The molecule has 1 saturated carbocycles. The molecule has 1 aromatic heterocycles. The van der Waals surface area contributed by atoms with Crippen molar-refractivity contribution in [1.82, 2.24) is 9.78 Å². The molecule has 1 heterocycles. The van der Waals surface area contributed by atoms with Crippen LogP contribution in [0.25, 0.3) is 5.69 Å². The van der Waals surface area contributed by atoms with E-state index >= 15 is 0 Å². The van der Waals surface area contributed by atoms with E-state index < -0.39 is 0 Å². The van der Waals surface area contributed by atoms with E-state index in [-0.39, 0.29) is 23.4 Å². The van der Waals surface area contributed by atoms with Crippen molar-refractivity contribution in [3.8, 4) is 5.69 Å². The number of nitrogens with one attached hydrogen (secondary N) is 2. The van der Waals surface area contributed by atoms with Gasteiger partial charge in [-0.25, -0.2) is 4.68 Å². The number of rotatable bonds is 5. The summed E-state index contributed by atoms with van der Waals surface area (Å²) >= 11 is 0. The second kappa shape index (κ2) is 7.31. The fourth-order valence-corrected chi connectivity index (χ4v) is 2.94. The Morgan fingerprint density at radius 1 is 0.964 bits per heavy atom. The fourth-order valence-electron chi connectivity index (χ4n) is 2.94. The molecule has 1 fully saturated rings. The van der Waals surface area contributed by atoms with Crippen LogP contribution in [0, 0.1) is 19.8 Å². The SMILES string of the molecule is Cc1ccc(NC(=O)c2cc(NC(=O)C3CC3)n(-c3ccccc3)n2)cc1C. The lowest BCUT2D eigenvalue weighted by Gasteiger charge is -2.08. The van der Waals surface area contributed by atoms with E-state index in [1.165, 1.54) is 0 Å². The van der Waals surface area contributed by atoms with Crippen LogP contribution >= 0.6 is 0 Å². The zero-order chi connectivity index (χ0) is 19.7. The molecule has 0 spiro atoms. The maximum absolute atomic E-state index is 12.7. The molecule has 1 aliphatic carbocycles. The number of anilines is 2. The van der Waals surface area contributed by atoms with Gasteiger partial charge in [0.25, 0.3) is 5.91 Å². The molecule has 0 atom stereocenters. The van der Waals surface area contributed by atoms with Gasteiger partial charge in [-0.1, -0.05) is 24.3 Å². The van der Waals surface area contributed by atoms with Crippen molar-refractivity contribution >= 4 is 23.3 Å². The van der Waals surface area contributed by atoms with Crippen LogP contribution < -0.4 is 10.6 Å². The number of nitrogens with zero attached hydrogens (tertiary/aromatic N) is 2. The number of para-hydroxylation sites is 1. The Bertz CT molecular complexity index is 1040. The molecule has 0 bridgehead atoms. The average Bonchev–Trinajstić information content (AvgIpc) is 3.46. The number of hydrogen-bond acceptors (Lipinski definition) is 3. The van der Waals surface area contributed by atoms with Crippen molar-refractivity contribution in [3.63, 3.8) is 0 Å². The molecule has 3 aromatic rings. The van der Waals surface area contributed by atoms with Crippen LogP contribution in [0.3, 0.4) is 0 Å². The monoisotopic (exact) mass is 374 g/mol. The summed E-state index contributed by atoms with van der Waals surface area (Å²) in [5.41, 5.74) is 4.00. The smallest absolute Gasteiger partial charge is 0.276 e. The molecule has 1 aliphatic rings. The number of aromatic nitrogens is 2. The van der Waals surface area contributed by atoms with E-state index in [0.29, 0.717) is 11.5 Å². The molecule has 2 amide bonds. The number of carbonyl (C=O) groups is 2. The molecule has 0 saturated heterocycles. The van der Waals surface area contributed by atoms with Crippen LogP contribution in [0.15, 0.2) is 54.6 Å². The molecule has 28 heavy (non-hydrogen) atoms. The van der Waals surface area contributed by atoms with Crippen LogP contribution in [0.4, 0.5) is 11.5 Å². The number of carbonyl (C=O) groups excluding carboxylic acids is 2. The summed E-state index contributed by atoms with van der Waals surface area (Å²) in [4.78, 5) is 25.0. The average molecular weight is 374 g/mol. The topological polar surface area (TPSA) is 76.0 Å². The first-order valence-corrected chi connectivity index (χ1v) is 9.36. The number of hydrogen-bond donors (Lipinski definition) is 2. The normalized spacial score (nSPS) is 13.2. The highest BCUT2D eigenvalue weighted by Crippen LogP contribution is 2.30. The summed E-state index contributed by atoms with van der Waals surface area (Å²) in [5, 5.41) is 10.2. The minimum atomic E-state index is -0.320. The molecule has 142 valence electrons. The zero-order valence-corrected chi connectivity index (χ0v) is 15.9. The number of benzene rings is 2. The van der Waals surface area contributed by atoms with Crippen molar-refractivity contribution in [2.45, 2.75) is 26.7 Å². The van der Waals surface area contributed by atoms with E-state index in [0.717, 1.165) is 29.7 Å². The molecule has 2 N–H and O–H groups in total. The summed E-state index contributed by atoms with van der Waals surface area (Å²) < 4.78 is 1.59.